The van der Waals surface area contributed by atoms with Crippen LogP contribution in [0.2, 0.25) is 0 Å². The molecule has 0 fully saturated rings. The van der Waals surface area contributed by atoms with Crippen LogP contribution in [0.5, 0.6) is 0 Å². The van der Waals surface area contributed by atoms with Crippen molar-refractivity contribution in [2.24, 2.45) is 5.73 Å². The summed E-state index contributed by atoms with van der Waals surface area (Å²) in [6.07, 6.45) is 1.61. The number of guanidine groups is 1. The molecule has 0 unspecified atom stereocenters. The van der Waals surface area contributed by atoms with E-state index in [1.54, 1.807) is 11.9 Å². The monoisotopic (exact) mass is 276 g/mol. The second kappa shape index (κ2) is 6.93. The van der Waals surface area contributed by atoms with Crippen LogP contribution in [0.1, 0.15) is 31.4 Å². The predicted octanol–water partition coefficient (Wildman–Crippen LogP) is 2.72. The Morgan fingerprint density at radius 3 is 2.50 bits per heavy atom. The molecule has 0 spiro atoms. The van der Waals surface area contributed by atoms with Gasteiger partial charge < -0.3 is 5.73 Å². The van der Waals surface area contributed by atoms with Crippen LogP contribution >= 0.6 is 0 Å². The van der Waals surface area contributed by atoms with Crippen molar-refractivity contribution in [3.8, 4) is 0 Å². The standard InChI is InChI=1S/C15H24N4O/c1-5-10-19(14(16)17)15(20)18(4)13-11(3)8-7-9-12(13)6-2/h7-9H,5-6,10H2,1-4H3,(H3,16,17). The molecular formula is C15H24N4O. The van der Waals surface area contributed by atoms with E-state index in [4.69, 9.17) is 11.1 Å². The van der Waals surface area contributed by atoms with Crippen LogP contribution in [-0.2, 0) is 6.42 Å². The summed E-state index contributed by atoms with van der Waals surface area (Å²) in [4.78, 5) is 15.4. The van der Waals surface area contributed by atoms with E-state index in [2.05, 4.69) is 6.92 Å². The summed E-state index contributed by atoms with van der Waals surface area (Å²) in [7, 11) is 1.73. The van der Waals surface area contributed by atoms with Crippen LogP contribution in [0.3, 0.4) is 0 Å². The van der Waals surface area contributed by atoms with Gasteiger partial charge in [0.05, 0.1) is 5.69 Å². The summed E-state index contributed by atoms with van der Waals surface area (Å²) in [5, 5.41) is 7.55. The molecule has 1 rings (SSSR count). The van der Waals surface area contributed by atoms with Gasteiger partial charge in [-0.15, -0.1) is 0 Å². The Labute approximate surface area is 120 Å². The first-order chi connectivity index (χ1) is 9.43. The number of benzene rings is 1. The maximum Gasteiger partial charge on any atom is 0.331 e. The molecule has 0 radical (unpaired) electrons. The normalized spacial score (nSPS) is 10.2. The molecule has 0 aliphatic rings. The van der Waals surface area contributed by atoms with E-state index in [1.807, 2.05) is 32.0 Å². The largest absolute Gasteiger partial charge is 0.370 e. The van der Waals surface area contributed by atoms with E-state index in [-0.39, 0.29) is 12.0 Å². The number of carbonyl (C=O) groups excluding carboxylic acids is 1. The summed E-state index contributed by atoms with van der Waals surface area (Å²) < 4.78 is 0. The Kier molecular flexibility index (Phi) is 5.55. The zero-order chi connectivity index (χ0) is 15.3. The molecule has 0 aliphatic heterocycles. The Morgan fingerprint density at radius 2 is 2.00 bits per heavy atom. The maximum atomic E-state index is 12.5. The van der Waals surface area contributed by atoms with Gasteiger partial charge in [0.25, 0.3) is 0 Å². The molecule has 0 heterocycles. The lowest BCUT2D eigenvalue weighted by atomic mass is 10.1. The maximum absolute atomic E-state index is 12.5. The van der Waals surface area contributed by atoms with Gasteiger partial charge in [0.15, 0.2) is 5.96 Å². The van der Waals surface area contributed by atoms with Gasteiger partial charge in [0.2, 0.25) is 0 Å². The quantitative estimate of drug-likeness (QED) is 0.655. The fourth-order valence-corrected chi connectivity index (χ4v) is 2.30. The summed E-state index contributed by atoms with van der Waals surface area (Å²) in [5.41, 5.74) is 8.57. The van der Waals surface area contributed by atoms with Crippen LogP contribution in [0, 0.1) is 12.3 Å². The number of anilines is 1. The molecule has 0 saturated heterocycles. The lowest BCUT2D eigenvalue weighted by Gasteiger charge is -2.29. The number of nitrogens with two attached hydrogens (primary N) is 1. The molecule has 0 bridgehead atoms. The molecule has 0 aromatic heterocycles. The number of hydrogen-bond donors (Lipinski definition) is 2. The zero-order valence-electron chi connectivity index (χ0n) is 12.7. The number of amides is 2. The van der Waals surface area contributed by atoms with Crippen molar-refractivity contribution in [2.75, 3.05) is 18.5 Å². The third-order valence-electron chi connectivity index (χ3n) is 3.29. The number of para-hydroxylation sites is 1. The van der Waals surface area contributed by atoms with Gasteiger partial charge in [-0.2, -0.15) is 0 Å². The Morgan fingerprint density at radius 1 is 1.35 bits per heavy atom. The van der Waals surface area contributed by atoms with E-state index in [0.29, 0.717) is 6.54 Å². The molecule has 20 heavy (non-hydrogen) atoms. The fraction of sp³-hybridized carbons (Fsp3) is 0.467. The van der Waals surface area contributed by atoms with Crippen LogP contribution in [0.4, 0.5) is 10.5 Å². The molecule has 3 N–H and O–H groups in total. The lowest BCUT2D eigenvalue weighted by molar-refractivity contribution is 0.227. The molecule has 5 heteroatoms. The summed E-state index contributed by atoms with van der Waals surface area (Å²) in [5.74, 6) is -0.213. The highest BCUT2D eigenvalue weighted by molar-refractivity contribution is 6.02. The number of urea groups is 1. The summed E-state index contributed by atoms with van der Waals surface area (Å²) in [6, 6.07) is 5.73. The fourth-order valence-electron chi connectivity index (χ4n) is 2.30. The predicted molar refractivity (Wildman–Crippen MR) is 83.3 cm³/mol. The molecule has 1 aromatic rings. The SMILES string of the molecule is CCCN(C(=N)N)C(=O)N(C)c1c(C)cccc1CC. The van der Waals surface area contributed by atoms with Gasteiger partial charge in [-0.05, 0) is 30.9 Å². The van der Waals surface area contributed by atoms with Crippen molar-refractivity contribution >= 4 is 17.7 Å². The molecule has 1 aromatic carbocycles. The number of rotatable bonds is 4. The van der Waals surface area contributed by atoms with E-state index < -0.39 is 0 Å². The van der Waals surface area contributed by atoms with Crippen molar-refractivity contribution in [3.05, 3.63) is 29.3 Å². The molecule has 2 amide bonds. The van der Waals surface area contributed by atoms with Gasteiger partial charge in [-0.1, -0.05) is 32.0 Å². The van der Waals surface area contributed by atoms with Gasteiger partial charge in [-0.25, -0.2) is 4.79 Å². The second-order valence-corrected chi connectivity index (χ2v) is 4.81. The summed E-state index contributed by atoms with van der Waals surface area (Å²) in [6.45, 7) is 6.45. The highest BCUT2D eigenvalue weighted by atomic mass is 16.2. The smallest absolute Gasteiger partial charge is 0.331 e. The molecule has 0 saturated carbocycles. The zero-order valence-corrected chi connectivity index (χ0v) is 12.7. The van der Waals surface area contributed by atoms with Crippen molar-refractivity contribution < 1.29 is 4.79 Å². The van der Waals surface area contributed by atoms with Crippen LogP contribution < -0.4 is 10.6 Å². The first-order valence-electron chi connectivity index (χ1n) is 6.91. The number of nitrogens with one attached hydrogen (secondary N) is 1. The first kappa shape index (κ1) is 16.0. The van der Waals surface area contributed by atoms with Gasteiger partial charge in [-0.3, -0.25) is 15.2 Å². The van der Waals surface area contributed by atoms with Gasteiger partial charge >= 0.3 is 6.03 Å². The molecule has 5 nitrogen and oxygen atoms in total. The Hall–Kier alpha value is -2.04. The molecule has 0 atom stereocenters. The van der Waals surface area contributed by atoms with Crippen molar-refractivity contribution in [1.82, 2.24) is 4.90 Å². The van der Waals surface area contributed by atoms with Crippen LogP contribution in [0.15, 0.2) is 18.2 Å². The number of carbonyl (C=O) groups is 1. The molecule has 0 aliphatic carbocycles. The third-order valence-corrected chi connectivity index (χ3v) is 3.29. The number of nitrogens with zero attached hydrogens (tertiary/aromatic N) is 2. The van der Waals surface area contributed by atoms with Crippen LogP contribution in [0.25, 0.3) is 0 Å². The highest BCUT2D eigenvalue weighted by Crippen LogP contribution is 2.25. The molecule has 110 valence electrons. The van der Waals surface area contributed by atoms with Crippen molar-refractivity contribution in [3.63, 3.8) is 0 Å². The Balaban J connectivity index is 3.13. The van der Waals surface area contributed by atoms with E-state index >= 15 is 0 Å². The number of hydrogen-bond acceptors (Lipinski definition) is 2. The van der Waals surface area contributed by atoms with Gasteiger partial charge in [0.1, 0.15) is 0 Å². The first-order valence-corrected chi connectivity index (χ1v) is 6.91. The Bertz CT molecular complexity index is 499. The minimum atomic E-state index is -0.261. The third kappa shape index (κ3) is 3.29. The van der Waals surface area contributed by atoms with E-state index in [0.717, 1.165) is 29.7 Å². The minimum absolute atomic E-state index is 0.213. The van der Waals surface area contributed by atoms with Crippen LogP contribution in [-0.4, -0.2) is 30.5 Å². The van der Waals surface area contributed by atoms with E-state index in [1.165, 1.54) is 4.90 Å². The average molecular weight is 276 g/mol. The van der Waals surface area contributed by atoms with Crippen molar-refractivity contribution in [1.29, 1.82) is 5.41 Å². The van der Waals surface area contributed by atoms with Crippen molar-refractivity contribution in [2.45, 2.75) is 33.6 Å². The van der Waals surface area contributed by atoms with E-state index in [9.17, 15) is 4.79 Å². The highest BCUT2D eigenvalue weighted by Gasteiger charge is 2.23. The average Bonchev–Trinajstić information content (AvgIpc) is 2.42. The lowest BCUT2D eigenvalue weighted by Crippen LogP contribution is -2.48. The molecular weight excluding hydrogens is 252 g/mol. The minimum Gasteiger partial charge on any atom is -0.370 e. The second-order valence-electron chi connectivity index (χ2n) is 4.81. The summed E-state index contributed by atoms with van der Waals surface area (Å²) >= 11 is 0. The topological polar surface area (TPSA) is 73.4 Å². The number of aryl methyl sites for hydroxylation is 2. The van der Waals surface area contributed by atoms with Gasteiger partial charge in [0, 0.05) is 13.6 Å².